The van der Waals surface area contributed by atoms with Crippen LogP contribution in [-0.4, -0.2) is 12.4 Å². The summed E-state index contributed by atoms with van der Waals surface area (Å²) < 4.78 is 13.1. The Bertz CT molecular complexity index is 823. The van der Waals surface area contributed by atoms with Crippen LogP contribution in [0.1, 0.15) is 64.0 Å². The van der Waals surface area contributed by atoms with E-state index in [4.69, 9.17) is 9.47 Å². The second-order valence-corrected chi connectivity index (χ2v) is 9.11. The van der Waals surface area contributed by atoms with Crippen molar-refractivity contribution < 1.29 is 9.47 Å². The molecule has 2 aromatic carbocycles. The van der Waals surface area contributed by atoms with Gasteiger partial charge in [-0.15, -0.1) is 0 Å². The number of fused-ring (bicyclic) bond motifs is 2. The van der Waals surface area contributed by atoms with Gasteiger partial charge in [-0.1, -0.05) is 68.5 Å². The number of ether oxygens (including phenoxy) is 2. The molecule has 2 heteroatoms. The molecule has 2 aliphatic carbocycles. The smallest absolute Gasteiger partial charge is 0.210 e. The van der Waals surface area contributed by atoms with Crippen LogP contribution in [0.2, 0.25) is 0 Å². The fourth-order valence-corrected chi connectivity index (χ4v) is 5.12. The fourth-order valence-electron chi connectivity index (χ4n) is 5.12. The first-order valence-electron chi connectivity index (χ1n) is 11.2. The Morgan fingerprint density at radius 1 is 0.966 bits per heavy atom. The molecule has 0 amide bonds. The van der Waals surface area contributed by atoms with Crippen LogP contribution in [0.25, 0.3) is 0 Å². The van der Waals surface area contributed by atoms with Crippen molar-refractivity contribution in [2.75, 3.05) is 0 Å². The first-order valence-corrected chi connectivity index (χ1v) is 11.2. The molecule has 5 unspecified atom stereocenters. The molecule has 5 atom stereocenters. The standard InChI is InChI=1S/C27H34O2/c1-5-20(4)22-12-15-25(16-13-22)29-26(28-19(2)3)27(23-9-7-6-8-10-23)18-21-11-14-24(27)17-21/h6-16,19-21,24,26H,5,17-18H2,1-4H3. The summed E-state index contributed by atoms with van der Waals surface area (Å²) in [5.74, 6) is 2.54. The molecule has 2 aromatic rings. The topological polar surface area (TPSA) is 18.5 Å². The summed E-state index contributed by atoms with van der Waals surface area (Å²) in [5, 5.41) is 0. The zero-order chi connectivity index (χ0) is 20.4. The highest BCUT2D eigenvalue weighted by molar-refractivity contribution is 5.36. The lowest BCUT2D eigenvalue weighted by Gasteiger charge is -2.43. The van der Waals surface area contributed by atoms with Crippen LogP contribution in [0.15, 0.2) is 66.7 Å². The van der Waals surface area contributed by atoms with Crippen molar-refractivity contribution in [2.24, 2.45) is 11.8 Å². The van der Waals surface area contributed by atoms with Crippen molar-refractivity contribution in [1.82, 2.24) is 0 Å². The third kappa shape index (κ3) is 3.88. The Morgan fingerprint density at radius 2 is 1.69 bits per heavy atom. The highest BCUT2D eigenvalue weighted by Crippen LogP contribution is 2.56. The van der Waals surface area contributed by atoms with Gasteiger partial charge in [0.25, 0.3) is 0 Å². The monoisotopic (exact) mass is 390 g/mol. The predicted octanol–water partition coefficient (Wildman–Crippen LogP) is 6.86. The summed E-state index contributed by atoms with van der Waals surface area (Å²) in [4.78, 5) is 0. The molecule has 1 fully saturated rings. The minimum atomic E-state index is -0.306. The quantitative estimate of drug-likeness (QED) is 0.362. The highest BCUT2D eigenvalue weighted by atomic mass is 16.7. The molecule has 1 saturated carbocycles. The van der Waals surface area contributed by atoms with Gasteiger partial charge in [0.15, 0.2) is 0 Å². The maximum Gasteiger partial charge on any atom is 0.210 e. The zero-order valence-corrected chi connectivity index (χ0v) is 18.2. The summed E-state index contributed by atoms with van der Waals surface area (Å²) in [7, 11) is 0. The second kappa shape index (κ2) is 8.36. The van der Waals surface area contributed by atoms with Crippen molar-refractivity contribution in [3.8, 4) is 5.75 Å². The molecule has 2 aliphatic rings. The molecule has 0 N–H and O–H groups in total. The SMILES string of the molecule is CCC(C)c1ccc(OC(OC(C)C)C2(c3ccccc3)CC3C=CC2C3)cc1. The summed E-state index contributed by atoms with van der Waals surface area (Å²) in [6, 6.07) is 19.5. The maximum absolute atomic E-state index is 6.63. The highest BCUT2D eigenvalue weighted by Gasteiger charge is 2.56. The van der Waals surface area contributed by atoms with E-state index in [2.05, 4.69) is 94.4 Å². The van der Waals surface area contributed by atoms with Gasteiger partial charge in [-0.05, 0) is 74.1 Å². The first kappa shape index (κ1) is 20.2. The maximum atomic E-state index is 6.63. The predicted molar refractivity (Wildman–Crippen MR) is 119 cm³/mol. The van der Waals surface area contributed by atoms with Crippen LogP contribution in [0.3, 0.4) is 0 Å². The first-order chi connectivity index (χ1) is 14.0. The molecule has 29 heavy (non-hydrogen) atoms. The lowest BCUT2D eigenvalue weighted by Crippen LogP contribution is -2.49. The van der Waals surface area contributed by atoms with E-state index in [0.717, 1.165) is 18.6 Å². The minimum Gasteiger partial charge on any atom is -0.464 e. The van der Waals surface area contributed by atoms with Crippen molar-refractivity contribution in [3.05, 3.63) is 77.9 Å². The molecule has 0 spiro atoms. The van der Waals surface area contributed by atoms with Crippen LogP contribution >= 0.6 is 0 Å². The van der Waals surface area contributed by atoms with Crippen LogP contribution in [0.5, 0.6) is 5.75 Å². The Balaban J connectivity index is 1.68. The molecule has 0 aromatic heterocycles. The van der Waals surface area contributed by atoms with Crippen LogP contribution in [0.4, 0.5) is 0 Å². The Labute approximate surface area is 175 Å². The van der Waals surface area contributed by atoms with Gasteiger partial charge < -0.3 is 9.47 Å². The van der Waals surface area contributed by atoms with E-state index in [-0.39, 0.29) is 17.8 Å². The largest absolute Gasteiger partial charge is 0.464 e. The third-order valence-electron chi connectivity index (χ3n) is 6.87. The molecule has 0 heterocycles. The second-order valence-electron chi connectivity index (χ2n) is 9.11. The molecule has 4 rings (SSSR count). The van der Waals surface area contributed by atoms with Crippen LogP contribution < -0.4 is 4.74 Å². The number of hydrogen-bond donors (Lipinski definition) is 0. The fraction of sp³-hybridized carbons (Fsp3) is 0.481. The van der Waals surface area contributed by atoms with Crippen LogP contribution in [0, 0.1) is 11.8 Å². The molecule has 2 nitrogen and oxygen atoms in total. The zero-order valence-electron chi connectivity index (χ0n) is 18.2. The number of hydrogen-bond acceptors (Lipinski definition) is 2. The summed E-state index contributed by atoms with van der Waals surface area (Å²) in [6.45, 7) is 8.70. The molecule has 0 aliphatic heterocycles. The van der Waals surface area contributed by atoms with Gasteiger partial charge in [0, 0.05) is 0 Å². The Hall–Kier alpha value is -2.06. The van der Waals surface area contributed by atoms with Crippen LogP contribution in [-0.2, 0) is 10.2 Å². The van der Waals surface area contributed by atoms with E-state index in [0.29, 0.717) is 17.8 Å². The normalized spacial score (nSPS) is 27.3. The van der Waals surface area contributed by atoms with Crippen molar-refractivity contribution in [2.45, 2.75) is 70.7 Å². The van der Waals surface area contributed by atoms with Gasteiger partial charge >= 0.3 is 0 Å². The summed E-state index contributed by atoms with van der Waals surface area (Å²) in [6.07, 6.45) is 8.00. The van der Waals surface area contributed by atoms with Gasteiger partial charge in [0.1, 0.15) is 5.75 Å². The molecule has 154 valence electrons. The Morgan fingerprint density at radius 3 is 2.24 bits per heavy atom. The van der Waals surface area contributed by atoms with E-state index < -0.39 is 0 Å². The van der Waals surface area contributed by atoms with E-state index >= 15 is 0 Å². The number of benzene rings is 2. The summed E-state index contributed by atoms with van der Waals surface area (Å²) >= 11 is 0. The van der Waals surface area contributed by atoms with Crippen molar-refractivity contribution >= 4 is 0 Å². The molecule has 0 radical (unpaired) electrons. The van der Waals surface area contributed by atoms with E-state index in [1.165, 1.54) is 17.5 Å². The average Bonchev–Trinajstić information content (AvgIpc) is 3.36. The summed E-state index contributed by atoms with van der Waals surface area (Å²) in [5.41, 5.74) is 2.56. The minimum absolute atomic E-state index is 0.100. The Kier molecular flexibility index (Phi) is 5.83. The van der Waals surface area contributed by atoms with Crippen molar-refractivity contribution in [3.63, 3.8) is 0 Å². The lowest BCUT2D eigenvalue weighted by molar-refractivity contribution is -0.158. The van der Waals surface area contributed by atoms with Gasteiger partial charge in [0.05, 0.1) is 11.5 Å². The molecular formula is C27H34O2. The molecule has 2 bridgehead atoms. The van der Waals surface area contributed by atoms with E-state index in [9.17, 15) is 0 Å². The van der Waals surface area contributed by atoms with Crippen molar-refractivity contribution in [1.29, 1.82) is 0 Å². The molecule has 0 saturated heterocycles. The number of rotatable bonds is 8. The average molecular weight is 391 g/mol. The molecular weight excluding hydrogens is 356 g/mol. The van der Waals surface area contributed by atoms with E-state index in [1.54, 1.807) is 0 Å². The van der Waals surface area contributed by atoms with Gasteiger partial charge in [0.2, 0.25) is 6.29 Å². The lowest BCUT2D eigenvalue weighted by atomic mass is 9.69. The van der Waals surface area contributed by atoms with Gasteiger partial charge in [-0.3, -0.25) is 0 Å². The third-order valence-corrected chi connectivity index (χ3v) is 6.87. The van der Waals surface area contributed by atoms with E-state index in [1.807, 2.05) is 0 Å². The number of allylic oxidation sites excluding steroid dienone is 2. The van der Waals surface area contributed by atoms with Gasteiger partial charge in [-0.25, -0.2) is 0 Å². The van der Waals surface area contributed by atoms with Gasteiger partial charge in [-0.2, -0.15) is 0 Å².